The molecule has 0 radical (unpaired) electrons. The molecule has 0 amide bonds. The minimum atomic E-state index is 0.594. The van der Waals surface area contributed by atoms with Crippen molar-refractivity contribution in [3.63, 3.8) is 0 Å². The molecule has 1 aromatic rings. The Labute approximate surface area is 116 Å². The maximum Gasteiger partial charge on any atom is 0.156 e. The number of nitrogens with one attached hydrogen (secondary N) is 1. The van der Waals surface area contributed by atoms with Gasteiger partial charge in [0.05, 0.1) is 6.54 Å². The van der Waals surface area contributed by atoms with Crippen LogP contribution in [0.25, 0.3) is 0 Å². The first-order valence-corrected chi connectivity index (χ1v) is 7.17. The Kier molecular flexibility index (Phi) is 4.60. The average Bonchev–Trinajstić information content (AvgIpc) is 2.68. The second-order valence-corrected chi connectivity index (χ2v) is 6.26. The van der Waals surface area contributed by atoms with E-state index in [4.69, 9.17) is 23.2 Å². The second-order valence-electron chi connectivity index (χ2n) is 3.99. The molecule has 5 heteroatoms. The smallest absolute Gasteiger partial charge is 0.156 e. The topological polar surface area (TPSA) is 24.4 Å². The van der Waals surface area contributed by atoms with Gasteiger partial charge in [-0.05, 0) is 24.1 Å². The number of halogens is 2. The van der Waals surface area contributed by atoms with E-state index in [0.29, 0.717) is 10.3 Å². The lowest BCUT2D eigenvalue weighted by Gasteiger charge is -2.07. The predicted octanol–water partition coefficient (Wildman–Crippen LogP) is 3.62. The van der Waals surface area contributed by atoms with E-state index >= 15 is 0 Å². The molecule has 0 fully saturated rings. The van der Waals surface area contributed by atoms with Crippen molar-refractivity contribution in [1.29, 1.82) is 0 Å². The Morgan fingerprint density at radius 1 is 1.47 bits per heavy atom. The highest BCUT2D eigenvalue weighted by atomic mass is 35.5. The number of rotatable bonds is 3. The number of hydrogen-bond acceptors (Lipinski definition) is 3. The van der Waals surface area contributed by atoms with Gasteiger partial charge in [0.15, 0.2) is 5.17 Å². The summed E-state index contributed by atoms with van der Waals surface area (Å²) >= 11 is 13.7. The van der Waals surface area contributed by atoms with Crippen LogP contribution < -0.4 is 5.32 Å². The van der Waals surface area contributed by atoms with Crippen molar-refractivity contribution in [3.8, 4) is 0 Å². The van der Waals surface area contributed by atoms with Gasteiger partial charge in [0.25, 0.3) is 0 Å². The number of amidine groups is 1. The summed E-state index contributed by atoms with van der Waals surface area (Å²) in [6.07, 6.45) is 0.879. The van der Waals surface area contributed by atoms with E-state index in [9.17, 15) is 0 Å². The van der Waals surface area contributed by atoms with Crippen LogP contribution in [0.4, 0.5) is 0 Å². The van der Waals surface area contributed by atoms with Gasteiger partial charge in [-0.1, -0.05) is 48.0 Å². The lowest BCUT2D eigenvalue weighted by atomic mass is 10.1. The lowest BCUT2D eigenvalue weighted by Crippen LogP contribution is -2.22. The quantitative estimate of drug-likeness (QED) is 0.919. The Hall–Kier alpha value is -0.380. The van der Waals surface area contributed by atoms with Crippen molar-refractivity contribution in [2.45, 2.75) is 18.6 Å². The molecule has 0 bridgehead atoms. The molecule has 0 aliphatic carbocycles. The van der Waals surface area contributed by atoms with Crippen LogP contribution in [0.3, 0.4) is 0 Å². The predicted molar refractivity (Wildman–Crippen MR) is 77.5 cm³/mol. The summed E-state index contributed by atoms with van der Waals surface area (Å²) in [5.41, 5.74) is 1.11. The van der Waals surface area contributed by atoms with Crippen molar-refractivity contribution in [2.75, 3.05) is 13.1 Å². The highest BCUT2D eigenvalue weighted by molar-refractivity contribution is 8.14. The summed E-state index contributed by atoms with van der Waals surface area (Å²) in [6.45, 7) is 3.94. The monoisotopic (exact) mass is 288 g/mol. The Morgan fingerprint density at radius 2 is 2.29 bits per heavy atom. The molecule has 0 saturated carbocycles. The normalized spacial score (nSPS) is 19.2. The summed E-state index contributed by atoms with van der Waals surface area (Å²) in [6, 6.07) is 5.62. The maximum absolute atomic E-state index is 6.10. The lowest BCUT2D eigenvalue weighted by molar-refractivity contribution is 0.870. The zero-order chi connectivity index (χ0) is 12.3. The van der Waals surface area contributed by atoms with E-state index in [1.807, 2.05) is 12.1 Å². The van der Waals surface area contributed by atoms with E-state index in [2.05, 4.69) is 17.2 Å². The van der Waals surface area contributed by atoms with Crippen LogP contribution in [0.1, 0.15) is 12.5 Å². The molecule has 2 rings (SSSR count). The molecule has 1 unspecified atom stereocenters. The van der Waals surface area contributed by atoms with Crippen molar-refractivity contribution < 1.29 is 0 Å². The molecule has 1 N–H and O–H groups in total. The number of aliphatic imine (C=N–C) groups is 1. The molecule has 17 heavy (non-hydrogen) atoms. The van der Waals surface area contributed by atoms with Crippen LogP contribution in [0.5, 0.6) is 0 Å². The summed E-state index contributed by atoms with van der Waals surface area (Å²) in [5.74, 6) is 0. The molecule has 1 aliphatic heterocycles. The third kappa shape index (κ3) is 3.80. The highest BCUT2D eigenvalue weighted by Crippen LogP contribution is 2.21. The fourth-order valence-corrected chi connectivity index (χ4v) is 2.97. The minimum Gasteiger partial charge on any atom is -0.365 e. The average molecular weight is 289 g/mol. The van der Waals surface area contributed by atoms with E-state index in [1.54, 1.807) is 17.8 Å². The zero-order valence-corrected chi connectivity index (χ0v) is 11.9. The number of benzene rings is 1. The van der Waals surface area contributed by atoms with E-state index < -0.39 is 0 Å². The van der Waals surface area contributed by atoms with E-state index in [-0.39, 0.29) is 0 Å². The molecule has 0 saturated heterocycles. The van der Waals surface area contributed by atoms with Crippen LogP contribution in [0, 0.1) is 0 Å². The van der Waals surface area contributed by atoms with Crippen LogP contribution in [-0.2, 0) is 6.42 Å². The largest absolute Gasteiger partial charge is 0.365 e. The molecule has 0 aromatic heterocycles. The standard InChI is InChI=1S/C12H14Cl2N2S/c1-8-7-16-12(17-8)15-5-4-9-2-3-10(13)6-11(9)14/h2-3,6,8H,4-5,7H2,1H3,(H,15,16). The van der Waals surface area contributed by atoms with E-state index in [1.165, 1.54) is 0 Å². The minimum absolute atomic E-state index is 0.594. The first-order valence-electron chi connectivity index (χ1n) is 5.54. The molecule has 2 nitrogen and oxygen atoms in total. The third-order valence-electron chi connectivity index (χ3n) is 2.49. The number of hydrogen-bond donors (Lipinski definition) is 1. The first kappa shape index (κ1) is 13.1. The Balaban J connectivity index is 1.82. The third-order valence-corrected chi connectivity index (χ3v) is 4.13. The molecular formula is C12H14Cl2N2S. The molecule has 1 atom stereocenters. The van der Waals surface area contributed by atoms with Gasteiger partial charge in [-0.3, -0.25) is 4.99 Å². The van der Waals surface area contributed by atoms with Gasteiger partial charge in [-0.25, -0.2) is 0 Å². The molecule has 1 aliphatic rings. The Morgan fingerprint density at radius 3 is 2.94 bits per heavy atom. The molecular weight excluding hydrogens is 275 g/mol. The summed E-state index contributed by atoms with van der Waals surface area (Å²) in [4.78, 5) is 4.40. The van der Waals surface area contributed by atoms with Gasteiger partial charge < -0.3 is 5.32 Å². The fraction of sp³-hybridized carbons (Fsp3) is 0.417. The van der Waals surface area contributed by atoms with Gasteiger partial charge in [-0.2, -0.15) is 0 Å². The van der Waals surface area contributed by atoms with Crippen molar-refractivity contribution in [1.82, 2.24) is 5.32 Å². The van der Waals surface area contributed by atoms with Gasteiger partial charge in [-0.15, -0.1) is 0 Å². The fourth-order valence-electron chi connectivity index (χ4n) is 1.60. The van der Waals surface area contributed by atoms with Gasteiger partial charge >= 0.3 is 0 Å². The molecule has 92 valence electrons. The SMILES string of the molecule is CC1CN=C(NCCc2ccc(Cl)cc2Cl)S1. The van der Waals surface area contributed by atoms with Crippen molar-refractivity contribution >= 4 is 40.1 Å². The van der Waals surface area contributed by atoms with Crippen LogP contribution in [0.2, 0.25) is 10.0 Å². The summed E-state index contributed by atoms with van der Waals surface area (Å²) in [5, 5.41) is 6.37. The van der Waals surface area contributed by atoms with Crippen molar-refractivity contribution in [2.24, 2.45) is 4.99 Å². The summed E-state index contributed by atoms with van der Waals surface area (Å²) < 4.78 is 0. The molecule has 0 spiro atoms. The summed E-state index contributed by atoms with van der Waals surface area (Å²) in [7, 11) is 0. The van der Waals surface area contributed by atoms with E-state index in [0.717, 1.165) is 35.3 Å². The number of nitrogens with zero attached hydrogens (tertiary/aromatic N) is 1. The second kappa shape index (κ2) is 5.98. The highest BCUT2D eigenvalue weighted by Gasteiger charge is 2.14. The zero-order valence-electron chi connectivity index (χ0n) is 9.54. The Bertz CT molecular complexity index is 435. The molecule has 1 aromatic carbocycles. The van der Waals surface area contributed by atoms with Crippen LogP contribution in [0.15, 0.2) is 23.2 Å². The molecule has 1 heterocycles. The van der Waals surface area contributed by atoms with Crippen LogP contribution >= 0.6 is 35.0 Å². The number of thioether (sulfide) groups is 1. The maximum atomic E-state index is 6.10. The first-order chi connectivity index (χ1) is 8.15. The van der Waals surface area contributed by atoms with Crippen LogP contribution in [-0.4, -0.2) is 23.5 Å². The van der Waals surface area contributed by atoms with Gasteiger partial charge in [0, 0.05) is 21.8 Å². The van der Waals surface area contributed by atoms with Gasteiger partial charge in [0.2, 0.25) is 0 Å². The van der Waals surface area contributed by atoms with Crippen molar-refractivity contribution in [3.05, 3.63) is 33.8 Å². The van der Waals surface area contributed by atoms with Gasteiger partial charge in [0.1, 0.15) is 0 Å².